The quantitative estimate of drug-likeness (QED) is 0.672. The lowest BCUT2D eigenvalue weighted by atomic mass is 9.93. The van der Waals surface area contributed by atoms with E-state index in [4.69, 9.17) is 0 Å². The molecule has 0 aliphatic carbocycles. The lowest BCUT2D eigenvalue weighted by molar-refractivity contribution is -0.139. The van der Waals surface area contributed by atoms with Crippen molar-refractivity contribution in [1.29, 1.82) is 0 Å². The van der Waals surface area contributed by atoms with E-state index in [1.165, 1.54) is 19.3 Å². The molecule has 2 atom stereocenters. The van der Waals surface area contributed by atoms with Crippen molar-refractivity contribution in [2.45, 2.75) is 85.1 Å². The Morgan fingerprint density at radius 2 is 1.79 bits per heavy atom. The topological polar surface area (TPSA) is 69.7 Å². The van der Waals surface area contributed by atoms with Gasteiger partial charge in [-0.15, -0.1) is 0 Å². The number of rotatable bonds is 8. The van der Waals surface area contributed by atoms with E-state index in [1.54, 1.807) is 0 Å². The lowest BCUT2D eigenvalue weighted by Gasteiger charge is -2.34. The van der Waals surface area contributed by atoms with Crippen LogP contribution in [0.1, 0.15) is 79.6 Å². The fourth-order valence-corrected chi connectivity index (χ4v) is 4.47. The third kappa shape index (κ3) is 6.45. The van der Waals surface area contributed by atoms with Crippen LogP contribution in [-0.4, -0.2) is 59.2 Å². The Bertz CT molecular complexity index is 576. The summed E-state index contributed by atoms with van der Waals surface area (Å²) >= 11 is 0. The fourth-order valence-electron chi connectivity index (χ4n) is 4.47. The largest absolute Gasteiger partial charge is 0.356 e. The Morgan fingerprint density at radius 3 is 2.31 bits per heavy atom. The van der Waals surface area contributed by atoms with E-state index < -0.39 is 0 Å². The number of carbonyl (C=O) groups excluding carboxylic acids is 3. The van der Waals surface area contributed by atoms with Crippen LogP contribution in [0.15, 0.2) is 0 Å². The zero-order valence-electron chi connectivity index (χ0n) is 19.1. The monoisotopic (exact) mass is 407 g/mol. The van der Waals surface area contributed by atoms with E-state index in [9.17, 15) is 14.4 Å². The van der Waals surface area contributed by atoms with Crippen LogP contribution in [-0.2, 0) is 14.4 Å². The third-order valence-electron chi connectivity index (χ3n) is 6.57. The molecule has 6 heteroatoms. The molecule has 0 saturated carbocycles. The molecule has 0 bridgehead atoms. The van der Waals surface area contributed by atoms with Crippen molar-refractivity contribution >= 4 is 17.7 Å². The molecule has 2 fully saturated rings. The Hall–Kier alpha value is -1.59. The second-order valence-corrected chi connectivity index (χ2v) is 9.84. The van der Waals surface area contributed by atoms with Crippen LogP contribution in [0.3, 0.4) is 0 Å². The van der Waals surface area contributed by atoms with Gasteiger partial charge in [0.2, 0.25) is 17.7 Å². The molecule has 2 unspecified atom stereocenters. The van der Waals surface area contributed by atoms with Gasteiger partial charge in [0.15, 0.2) is 0 Å². The molecule has 0 spiro atoms. The molecule has 6 nitrogen and oxygen atoms in total. The third-order valence-corrected chi connectivity index (χ3v) is 6.57. The fraction of sp³-hybridized carbons (Fsp3) is 0.870. The molecular weight excluding hydrogens is 366 g/mol. The predicted octanol–water partition coefficient (Wildman–Crippen LogP) is 3.20. The van der Waals surface area contributed by atoms with E-state index in [1.807, 2.05) is 30.6 Å². The first-order valence-corrected chi connectivity index (χ1v) is 11.5. The standard InChI is InChI=1S/C23H41N3O3/c1-6-8-9-17(7-2)15-24-21(28)18-10-12-25(13-11-18)22(29)19-14-20(27)26(16-19)23(3,4)5/h17-19H,6-16H2,1-5H3,(H,24,28). The highest BCUT2D eigenvalue weighted by Crippen LogP contribution is 2.28. The molecule has 1 N–H and O–H groups in total. The maximum Gasteiger partial charge on any atom is 0.227 e. The maximum absolute atomic E-state index is 12.9. The molecule has 0 aromatic heterocycles. The highest BCUT2D eigenvalue weighted by atomic mass is 16.2. The minimum Gasteiger partial charge on any atom is -0.356 e. The van der Waals surface area contributed by atoms with Crippen molar-refractivity contribution in [2.75, 3.05) is 26.2 Å². The van der Waals surface area contributed by atoms with Gasteiger partial charge in [-0.3, -0.25) is 14.4 Å². The second kappa shape index (κ2) is 10.4. The normalized spacial score (nSPS) is 22.1. The zero-order chi connectivity index (χ0) is 21.6. The Morgan fingerprint density at radius 1 is 1.14 bits per heavy atom. The van der Waals surface area contributed by atoms with Crippen molar-refractivity contribution in [2.24, 2.45) is 17.8 Å². The first-order chi connectivity index (χ1) is 13.7. The average Bonchev–Trinajstić information content (AvgIpc) is 3.09. The van der Waals surface area contributed by atoms with E-state index in [-0.39, 0.29) is 35.1 Å². The number of unbranched alkanes of at least 4 members (excludes halogenated alkanes) is 1. The van der Waals surface area contributed by atoms with Crippen LogP contribution in [0.4, 0.5) is 0 Å². The van der Waals surface area contributed by atoms with Crippen LogP contribution in [0, 0.1) is 17.8 Å². The summed E-state index contributed by atoms with van der Waals surface area (Å²) in [5.74, 6) is 0.608. The Kier molecular flexibility index (Phi) is 8.53. The van der Waals surface area contributed by atoms with Crippen molar-refractivity contribution in [1.82, 2.24) is 15.1 Å². The summed E-state index contributed by atoms with van der Waals surface area (Å²) in [5.41, 5.74) is -0.245. The van der Waals surface area contributed by atoms with Gasteiger partial charge in [-0.25, -0.2) is 0 Å². The number of nitrogens with zero attached hydrogens (tertiary/aromatic N) is 2. The first kappa shape index (κ1) is 23.7. The van der Waals surface area contributed by atoms with Crippen LogP contribution in [0.2, 0.25) is 0 Å². The number of hydrogen-bond acceptors (Lipinski definition) is 3. The molecule has 166 valence electrons. The predicted molar refractivity (Wildman–Crippen MR) is 115 cm³/mol. The summed E-state index contributed by atoms with van der Waals surface area (Å²) in [6.07, 6.45) is 6.42. The first-order valence-electron chi connectivity index (χ1n) is 11.5. The minimum absolute atomic E-state index is 0.000912. The van der Waals surface area contributed by atoms with E-state index in [0.717, 1.165) is 13.0 Å². The molecule has 0 aromatic rings. The molecule has 3 amide bonds. The van der Waals surface area contributed by atoms with E-state index >= 15 is 0 Å². The summed E-state index contributed by atoms with van der Waals surface area (Å²) in [5, 5.41) is 3.15. The maximum atomic E-state index is 12.9. The van der Waals surface area contributed by atoms with Gasteiger partial charge in [0.25, 0.3) is 0 Å². The van der Waals surface area contributed by atoms with Crippen molar-refractivity contribution in [3.63, 3.8) is 0 Å². The van der Waals surface area contributed by atoms with Crippen LogP contribution in [0.5, 0.6) is 0 Å². The molecular formula is C23H41N3O3. The zero-order valence-corrected chi connectivity index (χ0v) is 19.1. The van der Waals surface area contributed by atoms with Gasteiger partial charge in [0.05, 0.1) is 5.92 Å². The summed E-state index contributed by atoms with van der Waals surface area (Å²) < 4.78 is 0. The summed E-state index contributed by atoms with van der Waals surface area (Å²) in [7, 11) is 0. The summed E-state index contributed by atoms with van der Waals surface area (Å²) in [4.78, 5) is 41.4. The van der Waals surface area contributed by atoms with Crippen molar-refractivity contribution in [3.8, 4) is 0 Å². The molecule has 2 heterocycles. The number of nitrogens with one attached hydrogen (secondary N) is 1. The summed E-state index contributed by atoms with van der Waals surface area (Å²) in [6.45, 7) is 12.9. The number of hydrogen-bond donors (Lipinski definition) is 1. The molecule has 2 aliphatic heterocycles. The molecule has 2 rings (SSSR count). The Balaban J connectivity index is 1.77. The molecule has 0 radical (unpaired) electrons. The SMILES string of the molecule is CCCCC(CC)CNC(=O)C1CCN(C(=O)C2CC(=O)N(C(C)(C)C)C2)CC1. The van der Waals surface area contributed by atoms with Gasteiger partial charge in [0.1, 0.15) is 0 Å². The molecule has 0 aromatic carbocycles. The Labute approximate surface area is 176 Å². The van der Waals surface area contributed by atoms with E-state index in [0.29, 0.717) is 44.8 Å². The number of likely N-dealkylation sites (tertiary alicyclic amines) is 2. The highest BCUT2D eigenvalue weighted by Gasteiger charge is 2.41. The van der Waals surface area contributed by atoms with Crippen molar-refractivity contribution < 1.29 is 14.4 Å². The molecule has 2 aliphatic rings. The van der Waals surface area contributed by atoms with Crippen LogP contribution >= 0.6 is 0 Å². The van der Waals surface area contributed by atoms with Crippen LogP contribution in [0.25, 0.3) is 0 Å². The van der Waals surface area contributed by atoms with Gasteiger partial charge in [-0.2, -0.15) is 0 Å². The van der Waals surface area contributed by atoms with Crippen LogP contribution < -0.4 is 5.32 Å². The van der Waals surface area contributed by atoms with E-state index in [2.05, 4.69) is 19.2 Å². The average molecular weight is 408 g/mol. The molecule has 2 saturated heterocycles. The number of carbonyl (C=O) groups is 3. The van der Waals surface area contributed by atoms with Gasteiger partial charge in [-0.05, 0) is 46.0 Å². The van der Waals surface area contributed by atoms with Gasteiger partial charge in [0, 0.05) is 44.1 Å². The second-order valence-electron chi connectivity index (χ2n) is 9.84. The minimum atomic E-state index is -0.245. The lowest BCUT2D eigenvalue weighted by Crippen LogP contribution is -2.47. The number of amides is 3. The smallest absolute Gasteiger partial charge is 0.227 e. The van der Waals surface area contributed by atoms with Crippen molar-refractivity contribution in [3.05, 3.63) is 0 Å². The molecule has 29 heavy (non-hydrogen) atoms. The van der Waals surface area contributed by atoms with Gasteiger partial charge >= 0.3 is 0 Å². The number of piperidine rings is 1. The highest BCUT2D eigenvalue weighted by molar-refractivity contribution is 5.90. The van der Waals surface area contributed by atoms with Gasteiger partial charge in [-0.1, -0.05) is 33.1 Å². The summed E-state index contributed by atoms with van der Waals surface area (Å²) in [6, 6.07) is 0. The van der Waals surface area contributed by atoms with Gasteiger partial charge < -0.3 is 15.1 Å².